The number of thioether (sulfide) groups is 1. The van der Waals surface area contributed by atoms with Crippen LogP contribution in [0.5, 0.6) is 5.75 Å². The number of nitrogens with zero attached hydrogens (tertiary/aromatic N) is 4. The van der Waals surface area contributed by atoms with Crippen LogP contribution in [0.4, 0.5) is 5.69 Å². The largest absolute Gasteiger partial charge is 0.495 e. The van der Waals surface area contributed by atoms with Crippen LogP contribution in [-0.2, 0) is 9.59 Å². The molecule has 4 rings (SSSR count). The Morgan fingerprint density at radius 1 is 1.20 bits per heavy atom. The maximum absolute atomic E-state index is 13.0. The molecule has 0 spiro atoms. The number of carbonyl (C=O) groups is 3. The number of methoxy groups -OCH3 is 1. The average molecular weight is 532 g/mol. The van der Waals surface area contributed by atoms with Crippen molar-refractivity contribution in [3.8, 4) is 16.3 Å². The van der Waals surface area contributed by atoms with E-state index in [4.69, 9.17) is 16.3 Å². The van der Waals surface area contributed by atoms with Crippen LogP contribution < -0.4 is 10.1 Å². The van der Waals surface area contributed by atoms with Gasteiger partial charge in [0.2, 0.25) is 5.91 Å². The van der Waals surface area contributed by atoms with Gasteiger partial charge in [0, 0.05) is 41.4 Å². The van der Waals surface area contributed by atoms with Crippen molar-refractivity contribution < 1.29 is 19.1 Å². The second kappa shape index (κ2) is 11.5. The van der Waals surface area contributed by atoms with Crippen LogP contribution in [0.1, 0.15) is 16.9 Å². The number of hydrogen-bond donors (Lipinski definition) is 1. The zero-order valence-electron chi connectivity index (χ0n) is 18.8. The average Bonchev–Trinajstić information content (AvgIpc) is 3.55. The Kier molecular flexibility index (Phi) is 8.21. The molecule has 35 heavy (non-hydrogen) atoms. The molecule has 0 radical (unpaired) electrons. The summed E-state index contributed by atoms with van der Waals surface area (Å²) in [5.41, 5.74) is 1.58. The number of anilines is 1. The summed E-state index contributed by atoms with van der Waals surface area (Å²) >= 11 is 8.51. The molecule has 0 atom stereocenters. The lowest BCUT2D eigenvalue weighted by atomic mass is 10.3. The van der Waals surface area contributed by atoms with Gasteiger partial charge in [-0.3, -0.25) is 24.4 Å². The fourth-order valence-corrected chi connectivity index (χ4v) is 5.12. The highest BCUT2D eigenvalue weighted by Crippen LogP contribution is 2.28. The van der Waals surface area contributed by atoms with Crippen LogP contribution in [0.2, 0.25) is 5.02 Å². The Morgan fingerprint density at radius 3 is 2.80 bits per heavy atom. The van der Waals surface area contributed by atoms with Crippen molar-refractivity contribution >= 4 is 58.1 Å². The third-order valence-electron chi connectivity index (χ3n) is 5.08. The van der Waals surface area contributed by atoms with Crippen LogP contribution in [0.15, 0.2) is 48.1 Å². The first kappa shape index (κ1) is 25.0. The zero-order valence-corrected chi connectivity index (χ0v) is 21.2. The summed E-state index contributed by atoms with van der Waals surface area (Å²) in [5, 5.41) is 8.46. The highest BCUT2D eigenvalue weighted by molar-refractivity contribution is 8.00. The first-order chi connectivity index (χ1) is 17.0. The number of aromatic nitrogens is 2. The van der Waals surface area contributed by atoms with Crippen LogP contribution in [0.25, 0.3) is 10.6 Å². The van der Waals surface area contributed by atoms with Gasteiger partial charge in [0.05, 0.1) is 24.3 Å². The zero-order chi connectivity index (χ0) is 24.8. The smallest absolute Gasteiger partial charge is 0.291 e. The van der Waals surface area contributed by atoms with E-state index < -0.39 is 0 Å². The van der Waals surface area contributed by atoms with E-state index in [2.05, 4.69) is 15.3 Å². The lowest BCUT2D eigenvalue weighted by Crippen LogP contribution is -2.45. The predicted octanol–water partition coefficient (Wildman–Crippen LogP) is 3.83. The van der Waals surface area contributed by atoms with Crippen molar-refractivity contribution in [2.75, 3.05) is 37.0 Å². The van der Waals surface area contributed by atoms with Gasteiger partial charge in [-0.1, -0.05) is 11.6 Å². The van der Waals surface area contributed by atoms with Gasteiger partial charge >= 0.3 is 0 Å². The number of amides is 3. The maximum Gasteiger partial charge on any atom is 0.291 e. The van der Waals surface area contributed by atoms with Crippen molar-refractivity contribution in [1.82, 2.24) is 20.0 Å². The Hall–Kier alpha value is -3.15. The standard InChI is InChI=1S/C23H22ClN5O4S2/c1-33-19-6-5-16(24)10-17(19)26-20(30)13-34-14-21(31)28-8-3-9-29(28)23(32)18-12-35-22(27-18)15-4-2-7-25-11-15/h2,4-7,10-12H,3,8-9,13-14H2,1H3,(H,26,30). The minimum atomic E-state index is -0.321. The van der Waals surface area contributed by atoms with E-state index in [1.165, 1.54) is 40.2 Å². The van der Waals surface area contributed by atoms with Crippen molar-refractivity contribution in [1.29, 1.82) is 0 Å². The molecule has 2 aromatic heterocycles. The molecule has 0 bridgehead atoms. The van der Waals surface area contributed by atoms with E-state index >= 15 is 0 Å². The van der Waals surface area contributed by atoms with Crippen molar-refractivity contribution in [3.05, 3.63) is 58.8 Å². The quantitative estimate of drug-likeness (QED) is 0.471. The third-order valence-corrected chi connectivity index (χ3v) is 7.12. The molecule has 1 aliphatic heterocycles. The summed E-state index contributed by atoms with van der Waals surface area (Å²) in [6, 6.07) is 8.61. The van der Waals surface area contributed by atoms with Gasteiger partial charge in [-0.25, -0.2) is 9.99 Å². The number of nitrogens with one attached hydrogen (secondary N) is 1. The fourth-order valence-electron chi connectivity index (χ4n) is 3.48. The second-order valence-electron chi connectivity index (χ2n) is 7.46. The van der Waals surface area contributed by atoms with Gasteiger partial charge in [0.15, 0.2) is 0 Å². The molecule has 12 heteroatoms. The second-order valence-corrected chi connectivity index (χ2v) is 9.74. The molecular formula is C23H22ClN5O4S2. The molecule has 1 aromatic carbocycles. The minimum Gasteiger partial charge on any atom is -0.495 e. The third kappa shape index (κ3) is 6.11. The molecular weight excluding hydrogens is 510 g/mol. The summed E-state index contributed by atoms with van der Waals surface area (Å²) in [4.78, 5) is 46.7. The molecule has 3 heterocycles. The minimum absolute atomic E-state index is 0.0574. The normalized spacial score (nSPS) is 13.1. The van der Waals surface area contributed by atoms with Gasteiger partial charge in [0.25, 0.3) is 11.8 Å². The molecule has 0 aliphatic carbocycles. The molecule has 0 saturated carbocycles. The SMILES string of the molecule is COc1ccc(Cl)cc1NC(=O)CSCC(=O)N1CCCN1C(=O)c1csc(-c2cccnc2)n1. The fraction of sp³-hybridized carbons (Fsp3) is 0.261. The van der Waals surface area contributed by atoms with Crippen molar-refractivity contribution in [2.45, 2.75) is 6.42 Å². The monoisotopic (exact) mass is 531 g/mol. The molecule has 9 nitrogen and oxygen atoms in total. The summed E-state index contributed by atoms with van der Waals surface area (Å²) in [5.74, 6) is -0.243. The highest BCUT2D eigenvalue weighted by atomic mass is 35.5. The van der Waals surface area contributed by atoms with Crippen LogP contribution in [0, 0.1) is 0 Å². The van der Waals surface area contributed by atoms with E-state index in [-0.39, 0.29) is 34.9 Å². The molecule has 1 saturated heterocycles. The summed E-state index contributed by atoms with van der Waals surface area (Å²) in [6.45, 7) is 0.876. The Labute approximate surface area is 215 Å². The predicted molar refractivity (Wildman–Crippen MR) is 137 cm³/mol. The van der Waals surface area contributed by atoms with Gasteiger partial charge in [-0.15, -0.1) is 23.1 Å². The maximum atomic E-state index is 13.0. The van der Waals surface area contributed by atoms with Crippen LogP contribution in [-0.4, -0.2) is 69.4 Å². The highest BCUT2D eigenvalue weighted by Gasteiger charge is 2.32. The van der Waals surface area contributed by atoms with E-state index in [0.29, 0.717) is 41.0 Å². The van der Waals surface area contributed by atoms with E-state index in [9.17, 15) is 14.4 Å². The molecule has 182 valence electrons. The lowest BCUT2D eigenvalue weighted by molar-refractivity contribution is -0.137. The number of benzene rings is 1. The molecule has 3 amide bonds. The Balaban J connectivity index is 1.31. The molecule has 3 aromatic rings. The first-order valence-electron chi connectivity index (χ1n) is 10.7. The van der Waals surface area contributed by atoms with Crippen molar-refractivity contribution in [3.63, 3.8) is 0 Å². The summed E-state index contributed by atoms with van der Waals surface area (Å²) in [6.07, 6.45) is 4.04. The van der Waals surface area contributed by atoms with E-state index in [0.717, 1.165) is 5.56 Å². The van der Waals surface area contributed by atoms with Gasteiger partial charge in [-0.05, 0) is 36.8 Å². The number of rotatable bonds is 8. The number of hydrazine groups is 1. The van der Waals surface area contributed by atoms with Crippen LogP contribution in [0.3, 0.4) is 0 Å². The summed E-state index contributed by atoms with van der Waals surface area (Å²) < 4.78 is 5.22. The lowest BCUT2D eigenvalue weighted by Gasteiger charge is -2.27. The van der Waals surface area contributed by atoms with Crippen LogP contribution >= 0.6 is 34.7 Å². The van der Waals surface area contributed by atoms with E-state index in [1.807, 2.05) is 12.1 Å². The van der Waals surface area contributed by atoms with Gasteiger partial charge in [-0.2, -0.15) is 0 Å². The number of pyridine rings is 1. The number of carbonyl (C=O) groups excluding carboxylic acids is 3. The Morgan fingerprint density at radius 2 is 2.03 bits per heavy atom. The first-order valence-corrected chi connectivity index (χ1v) is 13.1. The van der Waals surface area contributed by atoms with E-state index in [1.54, 1.807) is 36.0 Å². The number of hydrogen-bond acceptors (Lipinski definition) is 8. The summed E-state index contributed by atoms with van der Waals surface area (Å²) in [7, 11) is 1.50. The molecule has 1 aliphatic rings. The van der Waals surface area contributed by atoms with Gasteiger partial charge in [0.1, 0.15) is 16.5 Å². The number of halogens is 1. The molecule has 1 N–H and O–H groups in total. The molecule has 1 fully saturated rings. The Bertz CT molecular complexity index is 1220. The van der Waals surface area contributed by atoms with Gasteiger partial charge < -0.3 is 10.1 Å². The number of ether oxygens (including phenoxy) is 1. The number of thiazole rings is 1. The molecule has 0 unspecified atom stereocenters. The topological polar surface area (TPSA) is 105 Å². The van der Waals surface area contributed by atoms with Crippen molar-refractivity contribution in [2.24, 2.45) is 0 Å².